The number of aliphatic imine (C=N–C) groups is 2. The third kappa shape index (κ3) is 3.46. The van der Waals surface area contributed by atoms with Gasteiger partial charge in [0.1, 0.15) is 5.84 Å². The van der Waals surface area contributed by atoms with Gasteiger partial charge in [0.25, 0.3) is 0 Å². The Labute approximate surface area is 55.2 Å². The van der Waals surface area contributed by atoms with Gasteiger partial charge >= 0.3 is 0 Å². The van der Waals surface area contributed by atoms with Gasteiger partial charge in [-0.25, -0.2) is 0 Å². The fourth-order valence-corrected chi connectivity index (χ4v) is 0.393. The molecule has 50 valence electrons. The minimum atomic E-state index is 0.794. The van der Waals surface area contributed by atoms with Crippen LogP contribution in [0.15, 0.2) is 22.3 Å². The molecule has 0 aliphatic carbocycles. The molecular weight excluding hydrogens is 114 g/mol. The Morgan fingerprint density at radius 1 is 1.67 bits per heavy atom. The molecule has 0 rings (SSSR count). The quantitative estimate of drug-likeness (QED) is 0.422. The maximum atomic E-state index is 3.88. The molecule has 0 aromatic rings. The Bertz CT molecular complexity index is 135. The van der Waals surface area contributed by atoms with Gasteiger partial charge < -0.3 is 5.32 Å². The van der Waals surface area contributed by atoms with Crippen molar-refractivity contribution in [3.8, 4) is 0 Å². The van der Waals surface area contributed by atoms with Crippen molar-refractivity contribution in [2.75, 3.05) is 14.1 Å². The van der Waals surface area contributed by atoms with Gasteiger partial charge in [0.15, 0.2) is 0 Å². The zero-order valence-corrected chi connectivity index (χ0v) is 5.76. The Hall–Kier alpha value is -1.12. The van der Waals surface area contributed by atoms with Gasteiger partial charge in [-0.15, -0.1) is 0 Å². The normalized spacial score (nSPS) is 12.0. The number of rotatable bonds is 2. The van der Waals surface area contributed by atoms with Gasteiger partial charge in [-0.05, 0) is 12.8 Å². The number of likely N-dealkylation sites (N-methyl/N-ethyl adjacent to an activating group) is 1. The number of nitrogens with zero attached hydrogens (tertiary/aromatic N) is 2. The lowest BCUT2D eigenvalue weighted by Crippen LogP contribution is -2.14. The average Bonchev–Trinajstić information content (AvgIpc) is 1.91. The highest BCUT2D eigenvalue weighted by Crippen LogP contribution is 1.75. The van der Waals surface area contributed by atoms with E-state index in [0.29, 0.717) is 0 Å². The fourth-order valence-electron chi connectivity index (χ4n) is 0.393. The van der Waals surface area contributed by atoms with Crippen LogP contribution >= 0.6 is 0 Å². The minimum Gasteiger partial charge on any atom is -0.373 e. The lowest BCUT2D eigenvalue weighted by molar-refractivity contribution is 1.16. The lowest BCUT2D eigenvalue weighted by Gasteiger charge is -1.93. The summed E-state index contributed by atoms with van der Waals surface area (Å²) in [6.07, 6.45) is 3.33. The molecule has 1 N–H and O–H groups in total. The molecule has 0 aliphatic heterocycles. The van der Waals surface area contributed by atoms with E-state index in [1.54, 1.807) is 26.4 Å². The molecule has 0 aromatic carbocycles. The molecule has 0 spiro atoms. The van der Waals surface area contributed by atoms with Crippen LogP contribution in [0.4, 0.5) is 0 Å². The summed E-state index contributed by atoms with van der Waals surface area (Å²) in [6, 6.07) is 0. The molecule has 0 atom stereocenters. The molecule has 3 heteroatoms. The molecule has 3 nitrogen and oxygen atoms in total. The summed E-state index contributed by atoms with van der Waals surface area (Å²) in [7, 11) is 3.51. The first-order valence-corrected chi connectivity index (χ1v) is 2.62. The summed E-state index contributed by atoms with van der Waals surface area (Å²) in [5, 5.41) is 2.86. The average molecular weight is 125 g/mol. The number of nitrogens with one attached hydrogen (secondary N) is 1. The van der Waals surface area contributed by atoms with E-state index in [1.807, 2.05) is 0 Å². The van der Waals surface area contributed by atoms with Gasteiger partial charge in [-0.3, -0.25) is 9.98 Å². The van der Waals surface area contributed by atoms with Crippen LogP contribution in [0, 0.1) is 0 Å². The Kier molecular flexibility index (Phi) is 4.40. The van der Waals surface area contributed by atoms with Crippen molar-refractivity contribution in [1.29, 1.82) is 0 Å². The van der Waals surface area contributed by atoms with Crippen LogP contribution < -0.4 is 5.32 Å². The van der Waals surface area contributed by atoms with Crippen molar-refractivity contribution in [3.05, 3.63) is 12.3 Å². The molecule has 0 saturated heterocycles. The minimum absolute atomic E-state index is 0.794. The standard InChI is InChI=1S/C6H11N3/c1-7-5-4-6(8-2)9-3/h4-5H,1H2,2-3H3,(H,8,9)/b5-4-. The van der Waals surface area contributed by atoms with E-state index >= 15 is 0 Å². The third-order valence-corrected chi connectivity index (χ3v) is 0.835. The van der Waals surface area contributed by atoms with E-state index in [-0.39, 0.29) is 0 Å². The third-order valence-electron chi connectivity index (χ3n) is 0.835. The topological polar surface area (TPSA) is 36.8 Å². The largest absolute Gasteiger partial charge is 0.373 e. The molecule has 0 radical (unpaired) electrons. The van der Waals surface area contributed by atoms with Crippen LogP contribution in [-0.4, -0.2) is 26.6 Å². The molecule has 0 saturated carbocycles. The Morgan fingerprint density at radius 3 is 2.67 bits per heavy atom. The van der Waals surface area contributed by atoms with E-state index in [2.05, 4.69) is 22.0 Å². The summed E-state index contributed by atoms with van der Waals surface area (Å²) >= 11 is 0. The molecule has 0 heterocycles. The van der Waals surface area contributed by atoms with E-state index < -0.39 is 0 Å². The summed E-state index contributed by atoms with van der Waals surface area (Å²) in [5.41, 5.74) is 0. The van der Waals surface area contributed by atoms with Crippen molar-refractivity contribution in [2.24, 2.45) is 9.98 Å². The maximum absolute atomic E-state index is 3.88. The monoisotopic (exact) mass is 125 g/mol. The second-order valence-corrected chi connectivity index (χ2v) is 1.36. The van der Waals surface area contributed by atoms with Crippen molar-refractivity contribution >= 4 is 12.6 Å². The zero-order chi connectivity index (χ0) is 7.11. The molecule has 0 fully saturated rings. The molecular formula is C6H11N3. The highest BCUT2D eigenvalue weighted by atomic mass is 14.9. The smallest absolute Gasteiger partial charge is 0.121 e. The lowest BCUT2D eigenvalue weighted by atomic mass is 10.5. The molecule has 9 heavy (non-hydrogen) atoms. The maximum Gasteiger partial charge on any atom is 0.121 e. The first kappa shape index (κ1) is 7.88. The first-order valence-electron chi connectivity index (χ1n) is 2.62. The van der Waals surface area contributed by atoms with Gasteiger partial charge in [0.05, 0.1) is 0 Å². The molecule has 0 aliphatic rings. The van der Waals surface area contributed by atoms with Gasteiger partial charge in [-0.2, -0.15) is 0 Å². The Morgan fingerprint density at radius 2 is 2.33 bits per heavy atom. The van der Waals surface area contributed by atoms with Crippen molar-refractivity contribution in [1.82, 2.24) is 5.32 Å². The molecule has 0 aromatic heterocycles. The van der Waals surface area contributed by atoms with E-state index in [4.69, 9.17) is 0 Å². The second kappa shape index (κ2) is 5.03. The van der Waals surface area contributed by atoms with Crippen molar-refractivity contribution < 1.29 is 0 Å². The van der Waals surface area contributed by atoms with E-state index in [1.165, 1.54) is 0 Å². The van der Waals surface area contributed by atoms with Crippen molar-refractivity contribution in [2.45, 2.75) is 0 Å². The fraction of sp³-hybridized carbons (Fsp3) is 0.333. The van der Waals surface area contributed by atoms with Crippen LogP contribution in [-0.2, 0) is 0 Å². The van der Waals surface area contributed by atoms with E-state index in [0.717, 1.165) is 5.84 Å². The summed E-state index contributed by atoms with van der Waals surface area (Å²) < 4.78 is 0. The second-order valence-electron chi connectivity index (χ2n) is 1.36. The van der Waals surface area contributed by atoms with Gasteiger partial charge in [0, 0.05) is 20.3 Å². The highest BCUT2D eigenvalue weighted by molar-refractivity contribution is 5.92. The molecule has 0 amide bonds. The predicted molar refractivity (Wildman–Crippen MR) is 41.1 cm³/mol. The highest BCUT2D eigenvalue weighted by Gasteiger charge is 1.80. The zero-order valence-electron chi connectivity index (χ0n) is 5.76. The number of hydrogen-bond donors (Lipinski definition) is 1. The van der Waals surface area contributed by atoms with Crippen LogP contribution in [0.5, 0.6) is 0 Å². The van der Waals surface area contributed by atoms with Crippen molar-refractivity contribution in [3.63, 3.8) is 0 Å². The van der Waals surface area contributed by atoms with Crippen LogP contribution in [0.25, 0.3) is 0 Å². The Balaban J connectivity index is 3.84. The van der Waals surface area contributed by atoms with Crippen LogP contribution in [0.2, 0.25) is 0 Å². The number of hydrogen-bond acceptors (Lipinski definition) is 2. The predicted octanol–water partition coefficient (Wildman–Crippen LogP) is 0.448. The van der Waals surface area contributed by atoms with E-state index in [9.17, 15) is 0 Å². The van der Waals surface area contributed by atoms with Crippen LogP contribution in [0.3, 0.4) is 0 Å². The first-order chi connectivity index (χ1) is 4.35. The van der Waals surface area contributed by atoms with Gasteiger partial charge in [-0.1, -0.05) is 0 Å². The molecule has 0 unspecified atom stereocenters. The molecule has 0 bridgehead atoms. The summed E-state index contributed by atoms with van der Waals surface area (Å²) in [5.74, 6) is 0.794. The summed E-state index contributed by atoms with van der Waals surface area (Å²) in [6.45, 7) is 3.28. The SMILES string of the molecule is C=N/C=C\C(=NC)NC. The summed E-state index contributed by atoms with van der Waals surface area (Å²) in [4.78, 5) is 7.40. The number of amidine groups is 1. The van der Waals surface area contributed by atoms with Crippen LogP contribution in [0.1, 0.15) is 0 Å². The van der Waals surface area contributed by atoms with Gasteiger partial charge in [0.2, 0.25) is 0 Å².